The number of piperidine rings is 1. The Morgan fingerprint density at radius 2 is 1.76 bits per heavy atom. The van der Waals surface area contributed by atoms with Crippen molar-refractivity contribution in [3.8, 4) is 0 Å². The molecule has 0 aromatic heterocycles. The number of sulfonamides is 1. The molecule has 25 heavy (non-hydrogen) atoms. The van der Waals surface area contributed by atoms with E-state index in [4.69, 9.17) is 0 Å². The zero-order chi connectivity index (χ0) is 17.9. The van der Waals surface area contributed by atoms with Gasteiger partial charge in [0, 0.05) is 19.6 Å². The van der Waals surface area contributed by atoms with Crippen LogP contribution < -0.4 is 0 Å². The number of nitrogens with zero attached hydrogens (tertiary/aromatic N) is 2. The van der Waals surface area contributed by atoms with Gasteiger partial charge in [-0.05, 0) is 50.0 Å². The van der Waals surface area contributed by atoms with E-state index in [1.807, 2.05) is 11.0 Å². The molecule has 138 valence electrons. The molecule has 0 saturated carbocycles. The molecule has 2 aliphatic rings. The Bertz CT molecular complexity index is 682. The van der Waals surface area contributed by atoms with Crippen molar-refractivity contribution in [3.63, 3.8) is 0 Å². The highest BCUT2D eigenvalue weighted by atomic mass is 32.2. The lowest BCUT2D eigenvalue weighted by atomic mass is 9.90. The van der Waals surface area contributed by atoms with Crippen LogP contribution in [0.1, 0.15) is 37.7 Å². The number of hydrogen-bond donors (Lipinski definition) is 0. The van der Waals surface area contributed by atoms with E-state index >= 15 is 0 Å². The standard InChI is InChI=1S/C19H28N2O3S/c1-25(23,24)21-13-5-8-18(21)19(22)20-14-11-17(12-15-20)10-9-16-6-3-2-4-7-16/h2-4,6-7,17-18H,5,8-15H2,1H3. The third kappa shape index (κ3) is 4.61. The van der Waals surface area contributed by atoms with Gasteiger partial charge in [-0.1, -0.05) is 30.3 Å². The first-order chi connectivity index (χ1) is 11.9. The van der Waals surface area contributed by atoms with Crippen molar-refractivity contribution in [1.82, 2.24) is 9.21 Å². The molecular formula is C19H28N2O3S. The van der Waals surface area contributed by atoms with Gasteiger partial charge in [-0.3, -0.25) is 4.79 Å². The highest BCUT2D eigenvalue weighted by Gasteiger charge is 2.39. The Morgan fingerprint density at radius 1 is 1.08 bits per heavy atom. The number of likely N-dealkylation sites (tertiary alicyclic amines) is 1. The number of carbonyl (C=O) groups is 1. The fraction of sp³-hybridized carbons (Fsp3) is 0.632. The van der Waals surface area contributed by atoms with Crippen molar-refractivity contribution >= 4 is 15.9 Å². The normalized spacial score (nSPS) is 23.1. The van der Waals surface area contributed by atoms with Crippen molar-refractivity contribution in [2.24, 2.45) is 5.92 Å². The molecule has 2 aliphatic heterocycles. The number of amides is 1. The molecule has 1 amide bonds. The summed E-state index contributed by atoms with van der Waals surface area (Å²) in [5, 5.41) is 0. The smallest absolute Gasteiger partial charge is 0.241 e. The van der Waals surface area contributed by atoms with Crippen LogP contribution in [0.2, 0.25) is 0 Å². The van der Waals surface area contributed by atoms with Crippen molar-refractivity contribution in [3.05, 3.63) is 35.9 Å². The van der Waals surface area contributed by atoms with Gasteiger partial charge in [0.15, 0.2) is 0 Å². The number of hydrogen-bond acceptors (Lipinski definition) is 3. The minimum absolute atomic E-state index is 0.00411. The molecule has 0 spiro atoms. The third-order valence-electron chi connectivity index (χ3n) is 5.53. The highest BCUT2D eigenvalue weighted by molar-refractivity contribution is 7.88. The first kappa shape index (κ1) is 18.4. The van der Waals surface area contributed by atoms with Gasteiger partial charge >= 0.3 is 0 Å². The molecule has 1 unspecified atom stereocenters. The van der Waals surface area contributed by atoms with Gasteiger partial charge in [0.1, 0.15) is 6.04 Å². The Labute approximate surface area is 151 Å². The summed E-state index contributed by atoms with van der Waals surface area (Å²) in [5.41, 5.74) is 1.37. The fourth-order valence-corrected chi connectivity index (χ4v) is 5.17. The Hall–Kier alpha value is -1.40. The van der Waals surface area contributed by atoms with Gasteiger partial charge < -0.3 is 4.90 Å². The fourth-order valence-electron chi connectivity index (χ4n) is 4.05. The van der Waals surface area contributed by atoms with Gasteiger partial charge in [-0.15, -0.1) is 0 Å². The first-order valence-electron chi connectivity index (χ1n) is 9.24. The quantitative estimate of drug-likeness (QED) is 0.805. The van der Waals surface area contributed by atoms with Gasteiger partial charge in [-0.25, -0.2) is 8.42 Å². The van der Waals surface area contributed by atoms with E-state index in [0.717, 1.165) is 45.2 Å². The number of aryl methyl sites for hydroxylation is 1. The van der Waals surface area contributed by atoms with Gasteiger partial charge in [0.25, 0.3) is 0 Å². The van der Waals surface area contributed by atoms with Crippen molar-refractivity contribution in [2.45, 2.75) is 44.6 Å². The summed E-state index contributed by atoms with van der Waals surface area (Å²) in [6.07, 6.45) is 6.91. The average molecular weight is 365 g/mol. The molecule has 5 nitrogen and oxygen atoms in total. The topological polar surface area (TPSA) is 57.7 Å². The monoisotopic (exact) mass is 364 g/mol. The summed E-state index contributed by atoms with van der Waals surface area (Å²) in [5.74, 6) is 0.656. The van der Waals surface area contributed by atoms with Crippen LogP contribution in [0.3, 0.4) is 0 Å². The van der Waals surface area contributed by atoms with Crippen LogP contribution in [0, 0.1) is 5.92 Å². The zero-order valence-corrected chi connectivity index (χ0v) is 15.7. The average Bonchev–Trinajstić information content (AvgIpc) is 3.11. The van der Waals surface area contributed by atoms with Crippen LogP contribution in [0.15, 0.2) is 30.3 Å². The summed E-state index contributed by atoms with van der Waals surface area (Å²) >= 11 is 0. The van der Waals surface area contributed by atoms with Crippen molar-refractivity contribution in [2.75, 3.05) is 25.9 Å². The Morgan fingerprint density at radius 3 is 2.40 bits per heavy atom. The van der Waals surface area contributed by atoms with E-state index < -0.39 is 16.1 Å². The predicted molar refractivity (Wildman–Crippen MR) is 98.6 cm³/mol. The lowest BCUT2D eigenvalue weighted by molar-refractivity contribution is -0.136. The van der Waals surface area contributed by atoms with Crippen LogP contribution >= 0.6 is 0 Å². The summed E-state index contributed by atoms with van der Waals surface area (Å²) in [6.45, 7) is 1.99. The van der Waals surface area contributed by atoms with E-state index in [1.165, 1.54) is 16.1 Å². The van der Waals surface area contributed by atoms with Gasteiger partial charge in [-0.2, -0.15) is 4.31 Å². The molecule has 1 aromatic rings. The molecule has 0 aliphatic carbocycles. The molecule has 0 N–H and O–H groups in total. The minimum atomic E-state index is -3.30. The van der Waals surface area contributed by atoms with Gasteiger partial charge in [0.2, 0.25) is 15.9 Å². The first-order valence-corrected chi connectivity index (χ1v) is 11.1. The Balaban J connectivity index is 1.49. The van der Waals surface area contributed by atoms with Gasteiger partial charge in [0.05, 0.1) is 6.26 Å². The largest absolute Gasteiger partial charge is 0.341 e. The molecule has 3 rings (SSSR count). The maximum Gasteiger partial charge on any atom is 0.241 e. The lowest BCUT2D eigenvalue weighted by Gasteiger charge is -2.35. The molecule has 2 heterocycles. The van der Waals surface area contributed by atoms with Crippen LogP contribution in [0.25, 0.3) is 0 Å². The van der Waals surface area contributed by atoms with E-state index in [0.29, 0.717) is 18.9 Å². The maximum atomic E-state index is 12.8. The lowest BCUT2D eigenvalue weighted by Crippen LogP contribution is -2.49. The molecular weight excluding hydrogens is 336 g/mol. The molecule has 0 bridgehead atoms. The van der Waals surface area contributed by atoms with Crippen LogP contribution in [-0.2, 0) is 21.2 Å². The number of rotatable bonds is 5. The second-order valence-corrected chi connectivity index (χ2v) is 9.26. The van der Waals surface area contributed by atoms with E-state index in [1.54, 1.807) is 0 Å². The second-order valence-electron chi connectivity index (χ2n) is 7.32. The van der Waals surface area contributed by atoms with E-state index in [2.05, 4.69) is 24.3 Å². The molecule has 0 radical (unpaired) electrons. The number of carbonyl (C=O) groups excluding carboxylic acids is 1. The molecule has 1 atom stereocenters. The molecule has 1 aromatic carbocycles. The number of benzene rings is 1. The van der Waals surface area contributed by atoms with Crippen LogP contribution in [0.4, 0.5) is 0 Å². The highest BCUT2D eigenvalue weighted by Crippen LogP contribution is 2.26. The summed E-state index contributed by atoms with van der Waals surface area (Å²) in [7, 11) is -3.30. The van der Waals surface area contributed by atoms with E-state index in [-0.39, 0.29) is 5.91 Å². The van der Waals surface area contributed by atoms with Crippen LogP contribution in [0.5, 0.6) is 0 Å². The maximum absolute atomic E-state index is 12.8. The minimum Gasteiger partial charge on any atom is -0.341 e. The van der Waals surface area contributed by atoms with Crippen LogP contribution in [-0.4, -0.2) is 55.5 Å². The summed E-state index contributed by atoms with van der Waals surface area (Å²) in [4.78, 5) is 14.6. The predicted octanol–water partition coefficient (Wildman–Crippen LogP) is 2.28. The Kier molecular flexibility index (Phi) is 5.79. The third-order valence-corrected chi connectivity index (χ3v) is 6.81. The molecule has 2 fully saturated rings. The van der Waals surface area contributed by atoms with Crippen molar-refractivity contribution < 1.29 is 13.2 Å². The van der Waals surface area contributed by atoms with E-state index in [9.17, 15) is 13.2 Å². The zero-order valence-electron chi connectivity index (χ0n) is 14.9. The van der Waals surface area contributed by atoms with Crippen molar-refractivity contribution in [1.29, 1.82) is 0 Å². The second kappa shape index (κ2) is 7.87. The molecule has 2 saturated heterocycles. The SMILES string of the molecule is CS(=O)(=O)N1CCCC1C(=O)N1CCC(CCc2ccccc2)CC1. The summed E-state index contributed by atoms with van der Waals surface area (Å²) < 4.78 is 25.1. The molecule has 6 heteroatoms. The summed E-state index contributed by atoms with van der Waals surface area (Å²) in [6, 6.07) is 10.0.